The molecule has 0 radical (unpaired) electrons. The van der Waals surface area contributed by atoms with Crippen molar-refractivity contribution in [1.82, 2.24) is 0 Å². The first-order valence-electron chi connectivity index (χ1n) is 4.98. The van der Waals surface area contributed by atoms with Gasteiger partial charge in [0.1, 0.15) is 0 Å². The lowest BCUT2D eigenvalue weighted by atomic mass is 10.3. The summed E-state index contributed by atoms with van der Waals surface area (Å²) in [7, 11) is 1.32. The van der Waals surface area contributed by atoms with Crippen molar-refractivity contribution in [3.8, 4) is 20.3 Å². The largest absolute Gasteiger partial charge is 0.143 e. The zero-order valence-corrected chi connectivity index (χ0v) is 11.0. The molecule has 0 aliphatic heterocycles. The van der Waals surface area contributed by atoms with E-state index in [9.17, 15) is 0 Å². The number of thiophene rings is 2. The molecule has 3 aromatic rings. The van der Waals surface area contributed by atoms with E-state index < -0.39 is 0 Å². The molecule has 3 heterocycles. The second-order valence-corrected chi connectivity index (χ2v) is 6.45. The molecule has 0 amide bonds. The van der Waals surface area contributed by atoms with Crippen molar-refractivity contribution in [1.29, 1.82) is 0 Å². The molecule has 0 saturated heterocycles. The van der Waals surface area contributed by atoms with Gasteiger partial charge in [0.25, 0.3) is 0 Å². The molecule has 3 rings (SSSR count). The van der Waals surface area contributed by atoms with E-state index >= 15 is 0 Å². The van der Waals surface area contributed by atoms with Crippen LogP contribution in [-0.4, -0.2) is 0 Å². The Hall–Kier alpha value is -0.950. The van der Waals surface area contributed by atoms with Gasteiger partial charge in [-0.25, -0.2) is 0 Å². The minimum Gasteiger partial charge on any atom is -0.143 e. The Kier molecular flexibility index (Phi) is 2.88. The van der Waals surface area contributed by atoms with Gasteiger partial charge >= 0.3 is 0 Å². The van der Waals surface area contributed by atoms with Crippen LogP contribution in [0.5, 0.6) is 0 Å². The van der Waals surface area contributed by atoms with Crippen LogP contribution in [0, 0.1) is 0 Å². The van der Waals surface area contributed by atoms with Crippen LogP contribution in [0.3, 0.4) is 0 Å². The SMILES string of the molecule is c1cc(-c2cccs2)pc(-c2cccs2)c1. The van der Waals surface area contributed by atoms with Crippen molar-refractivity contribution in [2.75, 3.05) is 0 Å². The van der Waals surface area contributed by atoms with E-state index in [0.717, 1.165) is 0 Å². The third kappa shape index (κ3) is 1.97. The first-order valence-corrected chi connectivity index (χ1v) is 7.64. The monoisotopic (exact) mass is 260 g/mol. The van der Waals surface area contributed by atoms with Crippen molar-refractivity contribution in [3.05, 3.63) is 53.2 Å². The molecule has 0 nitrogen and oxygen atoms in total. The van der Waals surface area contributed by atoms with Crippen LogP contribution in [0.15, 0.2) is 53.2 Å². The average molecular weight is 260 g/mol. The van der Waals surface area contributed by atoms with Crippen molar-refractivity contribution in [2.45, 2.75) is 0 Å². The highest BCUT2D eigenvalue weighted by molar-refractivity contribution is 7.40. The third-order valence-corrected chi connectivity index (χ3v) is 5.67. The van der Waals surface area contributed by atoms with E-state index in [4.69, 9.17) is 0 Å². The van der Waals surface area contributed by atoms with Crippen LogP contribution in [-0.2, 0) is 0 Å². The van der Waals surface area contributed by atoms with E-state index in [0.29, 0.717) is 0 Å². The van der Waals surface area contributed by atoms with E-state index in [1.165, 1.54) is 28.5 Å². The van der Waals surface area contributed by atoms with Gasteiger partial charge in [-0.2, -0.15) is 0 Å². The fourth-order valence-corrected chi connectivity index (χ4v) is 4.40. The third-order valence-electron chi connectivity index (χ3n) is 2.30. The van der Waals surface area contributed by atoms with Crippen molar-refractivity contribution in [2.24, 2.45) is 0 Å². The lowest BCUT2D eigenvalue weighted by Gasteiger charge is -2.00. The van der Waals surface area contributed by atoms with Crippen LogP contribution in [0.1, 0.15) is 0 Å². The Labute approximate surface area is 104 Å². The summed E-state index contributed by atoms with van der Waals surface area (Å²) in [6.45, 7) is 0. The second kappa shape index (κ2) is 4.50. The summed E-state index contributed by atoms with van der Waals surface area (Å²) in [5.74, 6) is 0. The fourth-order valence-electron chi connectivity index (χ4n) is 1.56. The summed E-state index contributed by atoms with van der Waals surface area (Å²) < 4.78 is 0. The lowest BCUT2D eigenvalue weighted by molar-refractivity contribution is 1.83. The highest BCUT2D eigenvalue weighted by Gasteiger charge is 2.03. The highest BCUT2D eigenvalue weighted by Crippen LogP contribution is 2.39. The normalized spacial score (nSPS) is 10.5. The summed E-state index contributed by atoms with van der Waals surface area (Å²) >= 11 is 3.62. The first kappa shape index (κ1) is 10.2. The van der Waals surface area contributed by atoms with E-state index in [1.807, 2.05) is 22.7 Å². The summed E-state index contributed by atoms with van der Waals surface area (Å²) in [6, 6.07) is 15.2. The lowest BCUT2D eigenvalue weighted by Crippen LogP contribution is -1.68. The molecular weight excluding hydrogens is 251 g/mol. The van der Waals surface area contributed by atoms with Crippen molar-refractivity contribution in [3.63, 3.8) is 0 Å². The zero-order chi connectivity index (χ0) is 10.8. The molecule has 78 valence electrons. The van der Waals surface area contributed by atoms with Gasteiger partial charge in [-0.3, -0.25) is 0 Å². The van der Waals surface area contributed by atoms with Crippen LogP contribution in [0.2, 0.25) is 0 Å². The Morgan fingerprint density at radius 1 is 0.688 bits per heavy atom. The second-order valence-electron chi connectivity index (χ2n) is 3.36. The fraction of sp³-hybridized carbons (Fsp3) is 0. The topological polar surface area (TPSA) is 0 Å². The van der Waals surface area contributed by atoms with Gasteiger partial charge in [0.05, 0.1) is 0 Å². The Morgan fingerprint density at radius 3 is 1.69 bits per heavy atom. The molecule has 0 unspecified atom stereocenters. The van der Waals surface area contributed by atoms with E-state index in [2.05, 4.69) is 53.2 Å². The van der Waals surface area contributed by atoms with Crippen molar-refractivity contribution >= 4 is 30.9 Å². The Bertz CT molecular complexity index is 518. The van der Waals surface area contributed by atoms with Gasteiger partial charge in [0.15, 0.2) is 0 Å². The average Bonchev–Trinajstić information content (AvgIpc) is 3.03. The molecule has 0 atom stereocenters. The Morgan fingerprint density at radius 2 is 1.25 bits per heavy atom. The molecule has 0 spiro atoms. The van der Waals surface area contributed by atoms with Crippen LogP contribution >= 0.6 is 30.9 Å². The quantitative estimate of drug-likeness (QED) is 0.552. The van der Waals surface area contributed by atoms with Gasteiger partial charge in [-0.15, -0.1) is 22.7 Å². The van der Waals surface area contributed by atoms with Crippen LogP contribution in [0.25, 0.3) is 20.3 Å². The maximum Gasteiger partial charge on any atom is 0.0388 e. The molecule has 0 aliphatic rings. The standard InChI is InChI=1S/C13H9PS2/c1-4-10(12-6-2-8-15-12)14-11(5-1)13-7-3-9-16-13/h1-9H. The smallest absolute Gasteiger partial charge is 0.0388 e. The molecule has 3 heteroatoms. The maximum absolute atomic E-state index is 2.21. The number of hydrogen-bond acceptors (Lipinski definition) is 2. The zero-order valence-electron chi connectivity index (χ0n) is 8.46. The van der Waals surface area contributed by atoms with Gasteiger partial charge in [-0.05, 0) is 35.0 Å². The summed E-state index contributed by atoms with van der Waals surface area (Å²) in [5.41, 5.74) is 0. The van der Waals surface area contributed by atoms with Crippen LogP contribution < -0.4 is 0 Å². The molecule has 0 aromatic carbocycles. The summed E-state index contributed by atoms with van der Waals surface area (Å²) in [6.07, 6.45) is 0. The molecule has 0 saturated carbocycles. The van der Waals surface area contributed by atoms with Gasteiger partial charge in [0.2, 0.25) is 0 Å². The number of hydrogen-bond donors (Lipinski definition) is 0. The van der Waals surface area contributed by atoms with Gasteiger partial charge < -0.3 is 0 Å². The van der Waals surface area contributed by atoms with Crippen LogP contribution in [0.4, 0.5) is 0 Å². The molecule has 0 fully saturated rings. The minimum absolute atomic E-state index is 1.32. The summed E-state index contributed by atoms with van der Waals surface area (Å²) in [4.78, 5) is 2.75. The maximum atomic E-state index is 2.21. The first-order chi connectivity index (χ1) is 7.93. The van der Waals surface area contributed by atoms with Gasteiger partial charge in [-0.1, -0.05) is 26.4 Å². The minimum atomic E-state index is 1.32. The highest BCUT2D eigenvalue weighted by atomic mass is 32.1. The van der Waals surface area contributed by atoms with Crippen molar-refractivity contribution < 1.29 is 0 Å². The molecule has 3 aromatic heterocycles. The Balaban J connectivity index is 2.07. The molecular formula is C13H9PS2. The molecule has 0 bridgehead atoms. The molecule has 0 N–H and O–H groups in total. The number of rotatable bonds is 2. The van der Waals surface area contributed by atoms with Gasteiger partial charge in [0, 0.05) is 20.3 Å². The predicted molar refractivity (Wildman–Crippen MR) is 75.6 cm³/mol. The summed E-state index contributed by atoms with van der Waals surface area (Å²) in [5, 5.41) is 7.07. The predicted octanol–water partition coefficient (Wildman–Crippen LogP) is 5.72. The molecule has 0 aliphatic carbocycles. The van der Waals surface area contributed by atoms with E-state index in [-0.39, 0.29) is 0 Å². The van der Waals surface area contributed by atoms with E-state index in [1.54, 1.807) is 0 Å². The molecule has 16 heavy (non-hydrogen) atoms.